The topological polar surface area (TPSA) is 96.8 Å². The molecule has 8 nitrogen and oxygen atoms in total. The van der Waals surface area contributed by atoms with E-state index < -0.39 is 6.29 Å². The highest BCUT2D eigenvalue weighted by molar-refractivity contribution is 6.03. The highest BCUT2D eigenvalue weighted by Gasteiger charge is 2.33. The molecule has 0 aliphatic carbocycles. The van der Waals surface area contributed by atoms with Gasteiger partial charge in [-0.05, 0) is 71.8 Å². The maximum Gasteiger partial charge on any atom is 0.275 e. The van der Waals surface area contributed by atoms with Crippen LogP contribution in [0.1, 0.15) is 64.5 Å². The standard InChI is InChI=1S/C40H38N4O4/c1-26(30-19-18-28-8-3-4-9-31(28)20-30)44(2)24-34-22-38(29-16-14-27(25-45)15-17-29)48-40(47-34)32-10-7-11-33(21-32)42-39(46)37-23-41-35-12-5-6-13-36(35)43-37/h3-21,23,26,34,38,40,45H,22,24-25H2,1-2H3,(H,42,46). The lowest BCUT2D eigenvalue weighted by atomic mass is 9.98. The van der Waals surface area contributed by atoms with Crippen LogP contribution in [0.15, 0.2) is 121 Å². The largest absolute Gasteiger partial charge is 0.392 e. The van der Waals surface area contributed by atoms with Crippen molar-refractivity contribution < 1.29 is 19.4 Å². The number of hydrogen-bond donors (Lipinski definition) is 2. The molecule has 4 atom stereocenters. The van der Waals surface area contributed by atoms with Crippen molar-refractivity contribution in [1.82, 2.24) is 14.9 Å². The summed E-state index contributed by atoms with van der Waals surface area (Å²) in [5.41, 5.74) is 6.14. The number of anilines is 1. The van der Waals surface area contributed by atoms with E-state index in [4.69, 9.17) is 9.47 Å². The fraction of sp³-hybridized carbons (Fsp3) is 0.225. The predicted octanol–water partition coefficient (Wildman–Crippen LogP) is 7.77. The second-order valence-electron chi connectivity index (χ2n) is 12.4. The number of rotatable bonds is 9. The molecule has 6 aromatic rings. The van der Waals surface area contributed by atoms with Gasteiger partial charge < -0.3 is 19.9 Å². The first-order valence-corrected chi connectivity index (χ1v) is 16.3. The Balaban J connectivity index is 1.11. The van der Waals surface area contributed by atoms with Crippen molar-refractivity contribution in [3.05, 3.63) is 149 Å². The van der Waals surface area contributed by atoms with E-state index in [1.54, 1.807) is 0 Å². The zero-order valence-electron chi connectivity index (χ0n) is 27.0. The summed E-state index contributed by atoms with van der Waals surface area (Å²) in [6.07, 6.45) is 1.14. The summed E-state index contributed by atoms with van der Waals surface area (Å²) in [6.45, 7) is 2.90. The summed E-state index contributed by atoms with van der Waals surface area (Å²) in [6, 6.07) is 38.1. The monoisotopic (exact) mass is 638 g/mol. The lowest BCUT2D eigenvalue weighted by Crippen LogP contribution is -2.38. The average Bonchev–Trinajstić information content (AvgIpc) is 3.14. The Morgan fingerprint density at radius 2 is 1.65 bits per heavy atom. The Morgan fingerprint density at radius 3 is 2.46 bits per heavy atom. The number of nitrogens with zero attached hydrogens (tertiary/aromatic N) is 3. The number of nitrogens with one attached hydrogen (secondary N) is 1. The number of ether oxygens (including phenoxy) is 2. The lowest BCUT2D eigenvalue weighted by molar-refractivity contribution is -0.253. The minimum atomic E-state index is -0.659. The average molecular weight is 639 g/mol. The Morgan fingerprint density at radius 1 is 0.875 bits per heavy atom. The minimum absolute atomic E-state index is 0.0130. The van der Waals surface area contributed by atoms with Gasteiger partial charge in [-0.2, -0.15) is 0 Å². The summed E-state index contributed by atoms with van der Waals surface area (Å²) in [5, 5.41) is 15.0. The maximum atomic E-state index is 13.2. The summed E-state index contributed by atoms with van der Waals surface area (Å²) in [7, 11) is 2.13. The maximum absolute atomic E-state index is 13.2. The molecule has 2 N–H and O–H groups in total. The van der Waals surface area contributed by atoms with Crippen LogP contribution < -0.4 is 5.32 Å². The summed E-state index contributed by atoms with van der Waals surface area (Å²) < 4.78 is 13.2. The van der Waals surface area contributed by atoms with Crippen LogP contribution >= 0.6 is 0 Å². The van der Waals surface area contributed by atoms with Crippen molar-refractivity contribution in [2.45, 2.75) is 44.5 Å². The van der Waals surface area contributed by atoms with E-state index in [-0.39, 0.29) is 36.5 Å². The Kier molecular flexibility index (Phi) is 9.22. The van der Waals surface area contributed by atoms with Gasteiger partial charge in [-0.25, -0.2) is 4.98 Å². The Bertz CT molecular complexity index is 2050. The van der Waals surface area contributed by atoms with Gasteiger partial charge in [0.2, 0.25) is 0 Å². The number of hydrogen-bond acceptors (Lipinski definition) is 7. The third-order valence-electron chi connectivity index (χ3n) is 9.12. The predicted molar refractivity (Wildman–Crippen MR) is 187 cm³/mol. The zero-order chi connectivity index (χ0) is 33.0. The van der Waals surface area contributed by atoms with Gasteiger partial charge in [0, 0.05) is 30.3 Å². The van der Waals surface area contributed by atoms with Crippen molar-refractivity contribution in [3.8, 4) is 0 Å². The van der Waals surface area contributed by atoms with Crippen molar-refractivity contribution >= 4 is 33.4 Å². The minimum Gasteiger partial charge on any atom is -0.392 e. The van der Waals surface area contributed by atoms with Crippen LogP contribution in [0.2, 0.25) is 0 Å². The molecule has 0 saturated carbocycles. The quantitative estimate of drug-likeness (QED) is 0.167. The normalized spacial score (nSPS) is 18.6. The van der Waals surface area contributed by atoms with Gasteiger partial charge in [0.25, 0.3) is 5.91 Å². The molecule has 1 amide bonds. The first-order chi connectivity index (χ1) is 23.4. The molecule has 1 aromatic heterocycles. The molecule has 1 aliphatic heterocycles. The molecule has 242 valence electrons. The molecule has 1 saturated heterocycles. The fourth-order valence-corrected chi connectivity index (χ4v) is 6.26. The summed E-state index contributed by atoms with van der Waals surface area (Å²) >= 11 is 0. The van der Waals surface area contributed by atoms with Crippen molar-refractivity contribution in [3.63, 3.8) is 0 Å². The van der Waals surface area contributed by atoms with Crippen LogP contribution in [0.5, 0.6) is 0 Å². The molecule has 0 radical (unpaired) electrons. The molecule has 48 heavy (non-hydrogen) atoms. The van der Waals surface area contributed by atoms with Crippen LogP contribution in [0.4, 0.5) is 5.69 Å². The smallest absolute Gasteiger partial charge is 0.275 e. The molecule has 5 aromatic carbocycles. The van der Waals surface area contributed by atoms with Crippen LogP contribution in [-0.2, 0) is 16.1 Å². The van der Waals surface area contributed by atoms with Crippen molar-refractivity contribution in [2.75, 3.05) is 18.9 Å². The van der Waals surface area contributed by atoms with Gasteiger partial charge in [0.1, 0.15) is 5.69 Å². The van der Waals surface area contributed by atoms with E-state index in [2.05, 4.69) is 76.6 Å². The molecular formula is C40H38N4O4. The van der Waals surface area contributed by atoms with Crippen molar-refractivity contribution in [1.29, 1.82) is 0 Å². The number of aromatic nitrogens is 2. The molecular weight excluding hydrogens is 600 g/mol. The molecule has 0 bridgehead atoms. The number of aliphatic hydroxyl groups is 1. The molecule has 4 unspecified atom stereocenters. The molecule has 1 fully saturated rings. The van der Waals surface area contributed by atoms with Gasteiger partial charge >= 0.3 is 0 Å². The first kappa shape index (κ1) is 31.6. The van der Waals surface area contributed by atoms with Crippen LogP contribution in [-0.4, -0.2) is 45.6 Å². The van der Waals surface area contributed by atoms with Gasteiger partial charge in [0.05, 0.1) is 36.0 Å². The van der Waals surface area contributed by atoms with Gasteiger partial charge in [-0.1, -0.05) is 84.9 Å². The van der Waals surface area contributed by atoms with E-state index in [0.717, 1.165) is 22.2 Å². The van der Waals surface area contributed by atoms with E-state index in [1.165, 1.54) is 22.5 Å². The summed E-state index contributed by atoms with van der Waals surface area (Å²) in [4.78, 5) is 24.3. The number of amides is 1. The molecule has 0 spiro atoms. The highest BCUT2D eigenvalue weighted by Crippen LogP contribution is 2.39. The lowest BCUT2D eigenvalue weighted by Gasteiger charge is -2.39. The van der Waals surface area contributed by atoms with E-state index in [9.17, 15) is 9.90 Å². The number of likely N-dealkylation sites (N-methyl/N-ethyl adjacent to an activating group) is 1. The molecule has 8 heteroatoms. The number of benzene rings is 5. The fourth-order valence-electron chi connectivity index (χ4n) is 6.26. The van der Waals surface area contributed by atoms with Crippen LogP contribution in [0.3, 0.4) is 0 Å². The number of aliphatic hydroxyl groups excluding tert-OH is 1. The second-order valence-corrected chi connectivity index (χ2v) is 12.4. The number of fused-ring (bicyclic) bond motifs is 2. The second kappa shape index (κ2) is 14.0. The van der Waals surface area contributed by atoms with Gasteiger partial charge in [-0.15, -0.1) is 0 Å². The highest BCUT2D eigenvalue weighted by atomic mass is 16.7. The number of carbonyl (C=O) groups excluding carboxylic acids is 1. The summed E-state index contributed by atoms with van der Waals surface area (Å²) in [5.74, 6) is -0.347. The van der Waals surface area contributed by atoms with Crippen molar-refractivity contribution in [2.24, 2.45) is 0 Å². The molecule has 2 heterocycles. The SMILES string of the molecule is CC(c1ccc2ccccc2c1)N(C)CC1CC(c2ccc(CO)cc2)OC(c2cccc(NC(=O)c3cnc4ccccc4n3)c2)O1. The third kappa shape index (κ3) is 6.98. The Labute approximate surface area is 280 Å². The molecule has 1 aliphatic rings. The first-order valence-electron chi connectivity index (χ1n) is 16.3. The van der Waals surface area contributed by atoms with Crippen LogP contribution in [0.25, 0.3) is 21.8 Å². The van der Waals surface area contributed by atoms with Gasteiger partial charge in [0.15, 0.2) is 6.29 Å². The number of carbonyl (C=O) groups is 1. The van der Waals surface area contributed by atoms with E-state index in [1.807, 2.05) is 72.8 Å². The zero-order valence-corrected chi connectivity index (χ0v) is 27.0. The third-order valence-corrected chi connectivity index (χ3v) is 9.12. The Hall–Kier alpha value is -4.99. The van der Waals surface area contributed by atoms with E-state index >= 15 is 0 Å². The van der Waals surface area contributed by atoms with Crippen LogP contribution in [0, 0.1) is 0 Å². The van der Waals surface area contributed by atoms with Gasteiger partial charge in [-0.3, -0.25) is 14.7 Å². The van der Waals surface area contributed by atoms with E-state index in [0.29, 0.717) is 24.2 Å². The molecule has 7 rings (SSSR count). The number of para-hydroxylation sites is 2.